The first kappa shape index (κ1) is 16.5. The number of hydrogen-bond acceptors (Lipinski definition) is 4. The number of aryl methyl sites for hydroxylation is 1. The topological polar surface area (TPSA) is 49.6 Å². The molecule has 0 unspecified atom stereocenters. The Morgan fingerprint density at radius 1 is 1.21 bits per heavy atom. The number of nitrogens with zero attached hydrogens (tertiary/aromatic N) is 3. The minimum absolute atomic E-state index is 0.125. The van der Waals surface area contributed by atoms with E-state index in [1.807, 2.05) is 55.2 Å². The summed E-state index contributed by atoms with van der Waals surface area (Å²) >= 11 is 0. The lowest BCUT2D eigenvalue weighted by atomic mass is 10.1. The summed E-state index contributed by atoms with van der Waals surface area (Å²) in [5, 5.41) is 3.82. The van der Waals surface area contributed by atoms with Crippen molar-refractivity contribution in [2.45, 2.75) is 20.4 Å². The standard InChI is InChI=1S/C19H23N3O2/c1-15(12-17-6-4-3-5-7-17)19(23)22-10-8-21(9-11-22)14-18-13-20-24-16(18)2/h3-7,12-13H,8-11,14H2,1-2H3/b15-12+. The predicted molar refractivity (Wildman–Crippen MR) is 93.2 cm³/mol. The fourth-order valence-corrected chi connectivity index (χ4v) is 2.93. The Labute approximate surface area is 142 Å². The van der Waals surface area contributed by atoms with Crippen LogP contribution in [0.15, 0.2) is 46.6 Å². The minimum Gasteiger partial charge on any atom is -0.361 e. The molecule has 1 aromatic carbocycles. The molecule has 0 N–H and O–H groups in total. The molecule has 1 saturated heterocycles. The molecule has 1 aliphatic heterocycles. The summed E-state index contributed by atoms with van der Waals surface area (Å²) in [7, 11) is 0. The molecule has 5 nitrogen and oxygen atoms in total. The molecule has 0 bridgehead atoms. The predicted octanol–water partition coefficient (Wildman–Crippen LogP) is 2.73. The fourth-order valence-electron chi connectivity index (χ4n) is 2.93. The van der Waals surface area contributed by atoms with Crippen molar-refractivity contribution in [3.05, 3.63) is 59.0 Å². The van der Waals surface area contributed by atoms with Gasteiger partial charge in [-0.15, -0.1) is 0 Å². The van der Waals surface area contributed by atoms with Gasteiger partial charge in [0, 0.05) is 43.9 Å². The van der Waals surface area contributed by atoms with Crippen molar-refractivity contribution < 1.29 is 9.32 Å². The lowest BCUT2D eigenvalue weighted by Crippen LogP contribution is -2.48. The highest BCUT2D eigenvalue weighted by Crippen LogP contribution is 2.14. The van der Waals surface area contributed by atoms with Gasteiger partial charge in [0.05, 0.1) is 6.20 Å². The Kier molecular flexibility index (Phi) is 5.11. The van der Waals surface area contributed by atoms with E-state index in [9.17, 15) is 4.79 Å². The first-order chi connectivity index (χ1) is 11.6. The second-order valence-corrected chi connectivity index (χ2v) is 6.21. The zero-order chi connectivity index (χ0) is 16.9. The number of carbonyl (C=O) groups excluding carboxylic acids is 1. The van der Waals surface area contributed by atoms with Crippen molar-refractivity contribution in [2.24, 2.45) is 0 Å². The van der Waals surface area contributed by atoms with Gasteiger partial charge in [0.15, 0.2) is 0 Å². The third-order valence-electron chi connectivity index (χ3n) is 4.42. The van der Waals surface area contributed by atoms with Crippen LogP contribution in [0.2, 0.25) is 0 Å². The Balaban J connectivity index is 1.55. The van der Waals surface area contributed by atoms with Crippen LogP contribution in [0, 0.1) is 6.92 Å². The lowest BCUT2D eigenvalue weighted by molar-refractivity contribution is -0.128. The molecule has 24 heavy (non-hydrogen) atoms. The maximum atomic E-state index is 12.6. The second-order valence-electron chi connectivity index (χ2n) is 6.21. The summed E-state index contributed by atoms with van der Waals surface area (Å²) in [6, 6.07) is 9.96. The molecule has 3 rings (SSSR count). The van der Waals surface area contributed by atoms with E-state index in [1.165, 1.54) is 0 Å². The molecule has 2 aromatic rings. The zero-order valence-electron chi connectivity index (χ0n) is 14.2. The molecule has 0 aliphatic carbocycles. The summed E-state index contributed by atoms with van der Waals surface area (Å²) < 4.78 is 5.10. The Morgan fingerprint density at radius 2 is 1.92 bits per heavy atom. The molecule has 0 radical (unpaired) electrons. The van der Waals surface area contributed by atoms with Crippen LogP contribution < -0.4 is 0 Å². The highest BCUT2D eigenvalue weighted by atomic mass is 16.5. The fraction of sp³-hybridized carbons (Fsp3) is 0.368. The van der Waals surface area contributed by atoms with E-state index in [4.69, 9.17) is 4.52 Å². The van der Waals surface area contributed by atoms with Gasteiger partial charge in [0.25, 0.3) is 0 Å². The molecule has 1 fully saturated rings. The van der Waals surface area contributed by atoms with Crippen LogP contribution in [0.25, 0.3) is 6.08 Å². The molecule has 0 spiro atoms. The third kappa shape index (κ3) is 3.92. The molecule has 126 valence electrons. The van der Waals surface area contributed by atoms with Gasteiger partial charge < -0.3 is 9.42 Å². The summed E-state index contributed by atoms with van der Waals surface area (Å²) in [6.45, 7) is 7.90. The first-order valence-corrected chi connectivity index (χ1v) is 8.28. The van der Waals surface area contributed by atoms with Gasteiger partial charge in [-0.25, -0.2) is 0 Å². The van der Waals surface area contributed by atoms with Crippen molar-refractivity contribution in [3.8, 4) is 0 Å². The molecule has 0 atom stereocenters. The molecule has 5 heteroatoms. The zero-order valence-corrected chi connectivity index (χ0v) is 14.2. The van der Waals surface area contributed by atoms with Crippen molar-refractivity contribution in [2.75, 3.05) is 26.2 Å². The molecule has 1 aliphatic rings. The minimum atomic E-state index is 0.125. The third-order valence-corrected chi connectivity index (χ3v) is 4.42. The Morgan fingerprint density at radius 3 is 2.54 bits per heavy atom. The van der Waals surface area contributed by atoms with E-state index < -0.39 is 0 Å². The smallest absolute Gasteiger partial charge is 0.249 e. The molecule has 0 saturated carbocycles. The summed E-state index contributed by atoms with van der Waals surface area (Å²) in [5.41, 5.74) is 2.96. The molecule has 2 heterocycles. The van der Waals surface area contributed by atoms with Crippen LogP contribution in [0.3, 0.4) is 0 Å². The van der Waals surface area contributed by atoms with Crippen molar-refractivity contribution in [3.63, 3.8) is 0 Å². The number of carbonyl (C=O) groups is 1. The molecule has 1 aromatic heterocycles. The molecule has 1 amide bonds. The number of rotatable bonds is 4. The number of aromatic nitrogens is 1. The van der Waals surface area contributed by atoms with E-state index in [0.717, 1.165) is 55.2 Å². The quantitative estimate of drug-likeness (QED) is 0.811. The summed E-state index contributed by atoms with van der Waals surface area (Å²) in [6.07, 6.45) is 3.73. The maximum absolute atomic E-state index is 12.6. The molecular weight excluding hydrogens is 302 g/mol. The summed E-state index contributed by atoms with van der Waals surface area (Å²) in [5.74, 6) is 0.995. The van der Waals surface area contributed by atoms with Crippen LogP contribution in [0.4, 0.5) is 0 Å². The molecular formula is C19H23N3O2. The number of benzene rings is 1. The maximum Gasteiger partial charge on any atom is 0.249 e. The van der Waals surface area contributed by atoms with Crippen molar-refractivity contribution in [1.82, 2.24) is 15.0 Å². The van der Waals surface area contributed by atoms with Gasteiger partial charge in [-0.3, -0.25) is 9.69 Å². The van der Waals surface area contributed by atoms with E-state index in [1.54, 1.807) is 6.20 Å². The van der Waals surface area contributed by atoms with E-state index in [-0.39, 0.29) is 5.91 Å². The average Bonchev–Trinajstić information content (AvgIpc) is 3.00. The van der Waals surface area contributed by atoms with Crippen LogP contribution in [0.1, 0.15) is 23.8 Å². The second kappa shape index (κ2) is 7.45. The average molecular weight is 325 g/mol. The number of hydrogen-bond donors (Lipinski definition) is 0. The number of amides is 1. The lowest BCUT2D eigenvalue weighted by Gasteiger charge is -2.34. The van der Waals surface area contributed by atoms with E-state index in [0.29, 0.717) is 0 Å². The monoisotopic (exact) mass is 325 g/mol. The van der Waals surface area contributed by atoms with Crippen molar-refractivity contribution in [1.29, 1.82) is 0 Å². The van der Waals surface area contributed by atoms with Gasteiger partial charge >= 0.3 is 0 Å². The summed E-state index contributed by atoms with van der Waals surface area (Å²) in [4.78, 5) is 16.9. The Bertz CT molecular complexity index is 713. The van der Waals surface area contributed by atoms with Crippen LogP contribution >= 0.6 is 0 Å². The van der Waals surface area contributed by atoms with Gasteiger partial charge in [0.2, 0.25) is 5.91 Å². The first-order valence-electron chi connectivity index (χ1n) is 8.28. The Hall–Kier alpha value is -2.40. The van der Waals surface area contributed by atoms with Crippen LogP contribution in [-0.2, 0) is 11.3 Å². The van der Waals surface area contributed by atoms with Gasteiger partial charge in [-0.2, -0.15) is 0 Å². The highest BCUT2D eigenvalue weighted by molar-refractivity contribution is 5.97. The number of piperazine rings is 1. The van der Waals surface area contributed by atoms with Gasteiger partial charge in [-0.1, -0.05) is 35.5 Å². The van der Waals surface area contributed by atoms with E-state index in [2.05, 4.69) is 10.1 Å². The van der Waals surface area contributed by atoms with Crippen LogP contribution in [-0.4, -0.2) is 47.0 Å². The van der Waals surface area contributed by atoms with Crippen molar-refractivity contribution >= 4 is 12.0 Å². The van der Waals surface area contributed by atoms with E-state index >= 15 is 0 Å². The highest BCUT2D eigenvalue weighted by Gasteiger charge is 2.22. The van der Waals surface area contributed by atoms with Gasteiger partial charge in [0.1, 0.15) is 5.76 Å². The normalized spacial score (nSPS) is 16.4. The van der Waals surface area contributed by atoms with Crippen LogP contribution in [0.5, 0.6) is 0 Å². The van der Waals surface area contributed by atoms with Gasteiger partial charge in [-0.05, 0) is 25.5 Å². The largest absolute Gasteiger partial charge is 0.361 e. The SMILES string of the molecule is C/C(=C\c1ccccc1)C(=O)N1CCN(Cc2cnoc2C)CC1.